The predicted molar refractivity (Wildman–Crippen MR) is 146 cm³/mol. The zero-order chi connectivity index (χ0) is 29.5. The van der Waals surface area contributed by atoms with Crippen molar-refractivity contribution in [1.82, 2.24) is 25.2 Å². The van der Waals surface area contributed by atoms with Gasteiger partial charge in [-0.05, 0) is 81.9 Å². The molecule has 5 atom stereocenters. The van der Waals surface area contributed by atoms with Gasteiger partial charge in [0.25, 0.3) is 11.8 Å². The van der Waals surface area contributed by atoms with E-state index >= 15 is 0 Å². The van der Waals surface area contributed by atoms with Gasteiger partial charge in [0.05, 0.1) is 12.1 Å². The highest BCUT2D eigenvalue weighted by atomic mass is 19.2. The Labute approximate surface area is 237 Å². The molecule has 2 amide bonds. The van der Waals surface area contributed by atoms with Crippen molar-refractivity contribution in [3.05, 3.63) is 65.1 Å². The predicted octanol–water partition coefficient (Wildman–Crippen LogP) is 4.45. The van der Waals surface area contributed by atoms with Gasteiger partial charge in [-0.3, -0.25) is 14.4 Å². The van der Waals surface area contributed by atoms with Crippen LogP contribution in [0.15, 0.2) is 36.5 Å². The van der Waals surface area contributed by atoms with Crippen LogP contribution >= 0.6 is 0 Å². The molecular weight excluding hydrogens is 532 g/mol. The lowest BCUT2D eigenvalue weighted by molar-refractivity contribution is -0.164. The number of halogens is 2. The van der Waals surface area contributed by atoms with Gasteiger partial charge in [0.15, 0.2) is 17.3 Å². The topological polar surface area (TPSA) is 115 Å². The smallest absolute Gasteiger partial charge is 0.309 e. The maximum absolute atomic E-state index is 13.5. The molecule has 0 saturated heterocycles. The highest BCUT2D eigenvalue weighted by Gasteiger charge is 2.47. The third kappa shape index (κ3) is 6.08. The lowest BCUT2D eigenvalue weighted by Gasteiger charge is -2.39. The Morgan fingerprint density at radius 1 is 1.00 bits per heavy atom. The minimum absolute atomic E-state index is 0.00141. The normalized spacial score (nSPS) is 24.1. The molecule has 2 aliphatic carbocycles. The molecule has 2 N–H and O–H groups in total. The number of rotatable bonds is 6. The van der Waals surface area contributed by atoms with E-state index in [0.29, 0.717) is 23.5 Å². The number of benzene rings is 1. The highest BCUT2D eigenvalue weighted by Crippen LogP contribution is 2.48. The van der Waals surface area contributed by atoms with Crippen molar-refractivity contribution < 1.29 is 27.9 Å². The van der Waals surface area contributed by atoms with Gasteiger partial charge < -0.3 is 15.4 Å². The first kappa shape index (κ1) is 28.6. The zero-order valence-corrected chi connectivity index (χ0v) is 23.6. The fraction of sp³-hybridized carbons (Fsp3) is 0.500. The fourth-order valence-corrected chi connectivity index (χ4v) is 6.34. The molecule has 3 aromatic rings. The summed E-state index contributed by atoms with van der Waals surface area (Å²) in [6.45, 7) is 7.69. The number of fused-ring (bicyclic) bond motifs is 2. The van der Waals surface area contributed by atoms with Crippen LogP contribution < -0.4 is 10.6 Å². The summed E-state index contributed by atoms with van der Waals surface area (Å²) in [7, 11) is 0. The van der Waals surface area contributed by atoms with E-state index in [1.54, 1.807) is 6.07 Å². The SMILES string of the molecule is C[C@H]1C(C(=O)OC(C)(C)C)CC[C@@H]2C1CC[C@@H]2NC(=O)c1cc(C(=O)NCc2ccc(F)c(F)c2)nc2ccnn12. The summed E-state index contributed by atoms with van der Waals surface area (Å²) >= 11 is 0. The zero-order valence-electron chi connectivity index (χ0n) is 23.6. The minimum atomic E-state index is -1.00. The van der Waals surface area contributed by atoms with Crippen molar-refractivity contribution in [1.29, 1.82) is 0 Å². The van der Waals surface area contributed by atoms with E-state index in [9.17, 15) is 23.2 Å². The number of aromatic nitrogens is 3. The maximum atomic E-state index is 13.5. The van der Waals surface area contributed by atoms with E-state index in [0.717, 1.165) is 31.4 Å². The van der Waals surface area contributed by atoms with Crippen LogP contribution in [-0.4, -0.2) is 44.0 Å². The van der Waals surface area contributed by atoms with Gasteiger partial charge in [0.1, 0.15) is 17.0 Å². The molecule has 2 unspecified atom stereocenters. The Kier molecular flexibility index (Phi) is 7.80. The summed E-state index contributed by atoms with van der Waals surface area (Å²) in [4.78, 5) is 43.6. The number of carbonyl (C=O) groups excluding carboxylic acids is 3. The van der Waals surface area contributed by atoms with Crippen LogP contribution in [0.25, 0.3) is 5.65 Å². The third-order valence-electron chi connectivity index (χ3n) is 8.29. The average Bonchev–Trinajstić information content (AvgIpc) is 3.55. The van der Waals surface area contributed by atoms with Gasteiger partial charge in [0.2, 0.25) is 0 Å². The van der Waals surface area contributed by atoms with Gasteiger partial charge in [-0.2, -0.15) is 5.10 Å². The second-order valence-corrected chi connectivity index (χ2v) is 12.1. The first-order valence-corrected chi connectivity index (χ1v) is 14.0. The number of carbonyl (C=O) groups is 3. The lowest BCUT2D eigenvalue weighted by Crippen LogP contribution is -2.44. The van der Waals surface area contributed by atoms with E-state index in [2.05, 4.69) is 27.6 Å². The van der Waals surface area contributed by atoms with E-state index in [-0.39, 0.29) is 53.6 Å². The Morgan fingerprint density at radius 2 is 1.76 bits per heavy atom. The van der Waals surface area contributed by atoms with Crippen molar-refractivity contribution >= 4 is 23.4 Å². The van der Waals surface area contributed by atoms with Crippen LogP contribution in [0.1, 0.15) is 79.9 Å². The standard InChI is InChI=1S/C30H35F2N5O4/c1-16-18-8-10-23(20(18)7-6-19(16)29(40)41-30(2,3)4)36-28(39)25-14-24(35-26-11-12-34-37(25)26)27(38)33-15-17-5-9-21(31)22(32)13-17/h5,9,11-14,16,18-20,23H,6-8,10,15H2,1-4H3,(H,33,38)(H,36,39)/t16-,18?,19?,20-,23+/m1/s1. The molecular formula is C30H35F2N5O4. The molecule has 0 spiro atoms. The number of ether oxygens (including phenoxy) is 1. The first-order valence-electron chi connectivity index (χ1n) is 14.0. The molecule has 2 aliphatic rings. The Balaban J connectivity index is 1.28. The largest absolute Gasteiger partial charge is 0.460 e. The summed E-state index contributed by atoms with van der Waals surface area (Å²) in [5.74, 6) is -2.53. The number of nitrogens with zero attached hydrogens (tertiary/aromatic N) is 3. The lowest BCUT2D eigenvalue weighted by atomic mass is 9.68. The van der Waals surface area contributed by atoms with Gasteiger partial charge in [-0.15, -0.1) is 0 Å². The van der Waals surface area contributed by atoms with E-state index in [1.807, 2.05) is 20.8 Å². The molecule has 2 heterocycles. The molecule has 2 fully saturated rings. The van der Waals surface area contributed by atoms with Crippen molar-refractivity contribution in [2.24, 2.45) is 23.7 Å². The number of nitrogens with one attached hydrogen (secondary N) is 2. The highest BCUT2D eigenvalue weighted by molar-refractivity contribution is 5.98. The monoisotopic (exact) mass is 567 g/mol. The molecule has 1 aromatic carbocycles. The van der Waals surface area contributed by atoms with Crippen LogP contribution in [0.3, 0.4) is 0 Å². The Morgan fingerprint density at radius 3 is 2.49 bits per heavy atom. The summed E-state index contributed by atoms with van der Waals surface area (Å²) in [5.41, 5.74) is 0.341. The summed E-state index contributed by atoms with van der Waals surface area (Å²) in [5, 5.41) is 10.0. The first-order chi connectivity index (χ1) is 19.4. The summed E-state index contributed by atoms with van der Waals surface area (Å²) < 4.78 is 33.8. The van der Waals surface area contributed by atoms with Crippen LogP contribution in [-0.2, 0) is 16.1 Å². The molecule has 0 bridgehead atoms. The molecule has 9 nitrogen and oxygen atoms in total. The molecule has 218 valence electrons. The Bertz CT molecular complexity index is 1480. The Hall–Kier alpha value is -3.89. The average molecular weight is 568 g/mol. The van der Waals surface area contributed by atoms with Gasteiger partial charge >= 0.3 is 5.97 Å². The minimum Gasteiger partial charge on any atom is -0.460 e. The van der Waals surface area contributed by atoms with Crippen molar-refractivity contribution in [3.8, 4) is 0 Å². The van der Waals surface area contributed by atoms with E-state index in [1.165, 1.54) is 22.8 Å². The van der Waals surface area contributed by atoms with Crippen LogP contribution in [0.5, 0.6) is 0 Å². The maximum Gasteiger partial charge on any atom is 0.309 e. The molecule has 0 radical (unpaired) electrons. The second-order valence-electron chi connectivity index (χ2n) is 12.1. The van der Waals surface area contributed by atoms with Gasteiger partial charge in [-0.25, -0.2) is 18.3 Å². The van der Waals surface area contributed by atoms with Crippen molar-refractivity contribution in [3.63, 3.8) is 0 Å². The van der Waals surface area contributed by atoms with Crippen molar-refractivity contribution in [2.75, 3.05) is 0 Å². The van der Waals surface area contributed by atoms with E-state index in [4.69, 9.17) is 4.74 Å². The van der Waals surface area contributed by atoms with E-state index < -0.39 is 23.1 Å². The molecule has 11 heteroatoms. The van der Waals surface area contributed by atoms with Crippen LogP contribution in [0.4, 0.5) is 8.78 Å². The van der Waals surface area contributed by atoms with Crippen LogP contribution in [0, 0.1) is 35.3 Å². The third-order valence-corrected chi connectivity index (χ3v) is 8.29. The van der Waals surface area contributed by atoms with Crippen molar-refractivity contribution in [2.45, 2.75) is 71.6 Å². The molecule has 41 heavy (non-hydrogen) atoms. The molecule has 2 aromatic heterocycles. The van der Waals surface area contributed by atoms with Crippen LogP contribution in [0.2, 0.25) is 0 Å². The number of hydrogen-bond acceptors (Lipinski definition) is 6. The summed E-state index contributed by atoms with van der Waals surface area (Å²) in [6.07, 6.45) is 4.72. The number of hydrogen-bond donors (Lipinski definition) is 2. The fourth-order valence-electron chi connectivity index (χ4n) is 6.34. The number of amides is 2. The molecule has 5 rings (SSSR count). The van der Waals surface area contributed by atoms with Gasteiger partial charge in [0, 0.05) is 24.7 Å². The quantitative estimate of drug-likeness (QED) is 0.426. The molecule has 0 aliphatic heterocycles. The molecule has 2 saturated carbocycles. The summed E-state index contributed by atoms with van der Waals surface area (Å²) in [6, 6.07) is 6.28. The van der Waals surface area contributed by atoms with Gasteiger partial charge in [-0.1, -0.05) is 13.0 Å². The number of esters is 1. The second kappa shape index (κ2) is 11.2.